The van der Waals surface area contributed by atoms with Gasteiger partial charge in [-0.05, 0) is 24.1 Å². The lowest BCUT2D eigenvalue weighted by molar-refractivity contribution is -0.131. The van der Waals surface area contributed by atoms with E-state index in [9.17, 15) is 4.79 Å². The fourth-order valence-electron chi connectivity index (χ4n) is 3.24. The lowest BCUT2D eigenvalue weighted by Crippen LogP contribution is -2.49. The molecule has 8 heteroatoms. The highest BCUT2D eigenvalue weighted by Gasteiger charge is 2.24. The second-order valence-corrected chi connectivity index (χ2v) is 7.13. The highest BCUT2D eigenvalue weighted by molar-refractivity contribution is 5.76. The van der Waals surface area contributed by atoms with Crippen LogP contribution < -0.4 is 14.4 Å². The minimum atomic E-state index is 0.167. The molecule has 1 aromatic carbocycles. The van der Waals surface area contributed by atoms with Gasteiger partial charge < -0.3 is 23.7 Å². The molecule has 27 heavy (non-hydrogen) atoms. The topological polar surface area (TPSA) is 80.9 Å². The lowest BCUT2D eigenvalue weighted by Gasteiger charge is -2.33. The molecule has 4 rings (SSSR count). The summed E-state index contributed by atoms with van der Waals surface area (Å²) in [5.74, 6) is 2.55. The third-order valence-electron chi connectivity index (χ3n) is 4.89. The SMILES string of the molecule is CC(C)c1nnc(N2CCN(C(=O)CCc3ccc4c(c3)OCO4)CC2)o1. The van der Waals surface area contributed by atoms with Gasteiger partial charge in [0.25, 0.3) is 0 Å². The number of piperazine rings is 1. The number of hydrogen-bond acceptors (Lipinski definition) is 7. The van der Waals surface area contributed by atoms with Crippen molar-refractivity contribution in [3.8, 4) is 11.5 Å². The van der Waals surface area contributed by atoms with Crippen LogP contribution >= 0.6 is 0 Å². The summed E-state index contributed by atoms with van der Waals surface area (Å²) < 4.78 is 16.4. The third kappa shape index (κ3) is 3.84. The van der Waals surface area contributed by atoms with Crippen LogP contribution in [0.5, 0.6) is 11.5 Å². The molecule has 8 nitrogen and oxygen atoms in total. The van der Waals surface area contributed by atoms with E-state index in [-0.39, 0.29) is 18.6 Å². The van der Waals surface area contributed by atoms with Gasteiger partial charge in [0.05, 0.1) is 0 Å². The van der Waals surface area contributed by atoms with Crippen molar-refractivity contribution in [3.05, 3.63) is 29.7 Å². The van der Waals surface area contributed by atoms with Crippen LogP contribution in [0, 0.1) is 0 Å². The fraction of sp³-hybridized carbons (Fsp3) is 0.526. The average Bonchev–Trinajstić information content (AvgIpc) is 3.35. The second-order valence-electron chi connectivity index (χ2n) is 7.13. The molecule has 0 unspecified atom stereocenters. The Labute approximate surface area is 158 Å². The summed E-state index contributed by atoms with van der Waals surface area (Å²) in [6, 6.07) is 6.39. The number of aryl methyl sites for hydroxylation is 1. The number of hydrogen-bond donors (Lipinski definition) is 0. The van der Waals surface area contributed by atoms with E-state index < -0.39 is 0 Å². The Morgan fingerprint density at radius 2 is 1.89 bits per heavy atom. The van der Waals surface area contributed by atoms with Crippen molar-refractivity contribution in [1.82, 2.24) is 15.1 Å². The number of carbonyl (C=O) groups is 1. The summed E-state index contributed by atoms with van der Waals surface area (Å²) in [5, 5.41) is 8.19. The van der Waals surface area contributed by atoms with E-state index in [1.54, 1.807) is 0 Å². The summed E-state index contributed by atoms with van der Waals surface area (Å²) in [4.78, 5) is 16.5. The number of ether oxygens (including phenoxy) is 2. The van der Waals surface area contributed by atoms with E-state index in [0.29, 0.717) is 50.9 Å². The lowest BCUT2D eigenvalue weighted by atomic mass is 10.1. The normalized spacial score (nSPS) is 16.3. The minimum Gasteiger partial charge on any atom is -0.454 e. The van der Waals surface area contributed by atoms with E-state index in [0.717, 1.165) is 17.1 Å². The summed E-state index contributed by atoms with van der Waals surface area (Å²) in [5.41, 5.74) is 1.08. The first-order valence-corrected chi connectivity index (χ1v) is 9.35. The van der Waals surface area contributed by atoms with Crippen molar-refractivity contribution >= 4 is 11.9 Å². The number of rotatable bonds is 5. The number of nitrogens with zero attached hydrogens (tertiary/aromatic N) is 4. The van der Waals surface area contributed by atoms with Crippen LogP contribution in [-0.4, -0.2) is 54.0 Å². The van der Waals surface area contributed by atoms with Crippen molar-refractivity contribution in [1.29, 1.82) is 0 Å². The van der Waals surface area contributed by atoms with Gasteiger partial charge in [-0.25, -0.2) is 0 Å². The van der Waals surface area contributed by atoms with Gasteiger partial charge in [0.2, 0.25) is 18.6 Å². The minimum absolute atomic E-state index is 0.167. The third-order valence-corrected chi connectivity index (χ3v) is 4.89. The zero-order chi connectivity index (χ0) is 18.8. The molecule has 0 spiro atoms. The predicted octanol–water partition coefficient (Wildman–Crippen LogP) is 2.20. The van der Waals surface area contributed by atoms with Crippen molar-refractivity contribution < 1.29 is 18.7 Å². The van der Waals surface area contributed by atoms with Gasteiger partial charge in [0, 0.05) is 38.5 Å². The molecule has 0 atom stereocenters. The number of amides is 1. The zero-order valence-electron chi connectivity index (χ0n) is 15.7. The molecule has 0 bridgehead atoms. The Bertz CT molecular complexity index is 812. The van der Waals surface area contributed by atoms with Gasteiger partial charge in [-0.3, -0.25) is 4.79 Å². The zero-order valence-corrected chi connectivity index (χ0v) is 15.7. The first-order chi connectivity index (χ1) is 13.1. The van der Waals surface area contributed by atoms with Gasteiger partial charge >= 0.3 is 6.01 Å². The molecule has 3 heterocycles. The maximum atomic E-state index is 12.5. The van der Waals surface area contributed by atoms with Crippen molar-refractivity contribution in [2.45, 2.75) is 32.6 Å². The van der Waals surface area contributed by atoms with Crippen LogP contribution in [0.15, 0.2) is 22.6 Å². The second kappa shape index (κ2) is 7.46. The molecule has 2 aromatic rings. The van der Waals surface area contributed by atoms with E-state index in [1.807, 2.05) is 41.8 Å². The molecule has 1 fully saturated rings. The smallest absolute Gasteiger partial charge is 0.318 e. The molecule has 2 aliphatic rings. The first kappa shape index (κ1) is 17.6. The molecule has 144 valence electrons. The van der Waals surface area contributed by atoms with Crippen molar-refractivity contribution in [3.63, 3.8) is 0 Å². The van der Waals surface area contributed by atoms with E-state index in [1.165, 1.54) is 0 Å². The van der Waals surface area contributed by atoms with Crippen LogP contribution in [0.25, 0.3) is 0 Å². The molecule has 1 aromatic heterocycles. The van der Waals surface area contributed by atoms with Crippen molar-refractivity contribution in [2.75, 3.05) is 37.9 Å². The Balaban J connectivity index is 1.27. The number of carbonyl (C=O) groups excluding carboxylic acids is 1. The van der Waals surface area contributed by atoms with Gasteiger partial charge in [0.1, 0.15) is 0 Å². The molecular formula is C19H24N4O4. The number of benzene rings is 1. The van der Waals surface area contributed by atoms with Crippen LogP contribution in [-0.2, 0) is 11.2 Å². The van der Waals surface area contributed by atoms with E-state index in [4.69, 9.17) is 13.9 Å². The highest BCUT2D eigenvalue weighted by Crippen LogP contribution is 2.32. The Hall–Kier alpha value is -2.77. The highest BCUT2D eigenvalue weighted by atomic mass is 16.7. The number of aromatic nitrogens is 2. The maximum Gasteiger partial charge on any atom is 0.318 e. The fourth-order valence-corrected chi connectivity index (χ4v) is 3.24. The maximum absolute atomic E-state index is 12.5. The molecule has 0 saturated carbocycles. The Kier molecular flexibility index (Phi) is 4.87. The standard InChI is InChI=1S/C19H24N4O4/c1-13(2)18-20-21-19(27-18)23-9-7-22(8-10-23)17(24)6-4-14-3-5-15-16(11-14)26-12-25-15/h3,5,11,13H,4,6-10,12H2,1-2H3. The summed E-state index contributed by atoms with van der Waals surface area (Å²) in [6.07, 6.45) is 1.18. The molecule has 1 amide bonds. The van der Waals surface area contributed by atoms with Crippen LogP contribution in [0.2, 0.25) is 0 Å². The van der Waals surface area contributed by atoms with Gasteiger partial charge in [-0.2, -0.15) is 0 Å². The number of fused-ring (bicyclic) bond motifs is 1. The molecule has 0 N–H and O–H groups in total. The predicted molar refractivity (Wildman–Crippen MR) is 98.1 cm³/mol. The Morgan fingerprint density at radius 3 is 2.63 bits per heavy atom. The first-order valence-electron chi connectivity index (χ1n) is 9.35. The van der Waals surface area contributed by atoms with Crippen LogP contribution in [0.3, 0.4) is 0 Å². The summed E-state index contributed by atoms with van der Waals surface area (Å²) in [7, 11) is 0. The summed E-state index contributed by atoms with van der Waals surface area (Å²) >= 11 is 0. The van der Waals surface area contributed by atoms with Crippen LogP contribution in [0.4, 0.5) is 6.01 Å². The van der Waals surface area contributed by atoms with E-state index >= 15 is 0 Å². The van der Waals surface area contributed by atoms with Gasteiger partial charge in [-0.15, -0.1) is 5.10 Å². The Morgan fingerprint density at radius 1 is 1.11 bits per heavy atom. The molecule has 0 radical (unpaired) electrons. The van der Waals surface area contributed by atoms with Gasteiger partial charge in [-0.1, -0.05) is 25.0 Å². The van der Waals surface area contributed by atoms with Crippen molar-refractivity contribution in [2.24, 2.45) is 0 Å². The van der Waals surface area contributed by atoms with Crippen LogP contribution in [0.1, 0.15) is 37.6 Å². The average molecular weight is 372 g/mol. The van der Waals surface area contributed by atoms with E-state index in [2.05, 4.69) is 10.2 Å². The number of anilines is 1. The largest absolute Gasteiger partial charge is 0.454 e. The molecule has 1 saturated heterocycles. The molecule has 2 aliphatic heterocycles. The molecular weight excluding hydrogens is 348 g/mol. The monoisotopic (exact) mass is 372 g/mol. The summed E-state index contributed by atoms with van der Waals surface area (Å²) in [6.45, 7) is 7.05. The quantitative estimate of drug-likeness (QED) is 0.796. The van der Waals surface area contributed by atoms with Gasteiger partial charge in [0.15, 0.2) is 11.5 Å². The molecule has 0 aliphatic carbocycles.